The van der Waals surface area contributed by atoms with E-state index in [0.717, 1.165) is 42.4 Å². The number of hydrogen-bond donors (Lipinski definition) is 2. The van der Waals surface area contributed by atoms with Crippen molar-refractivity contribution in [2.75, 3.05) is 20.1 Å². The lowest BCUT2D eigenvalue weighted by molar-refractivity contribution is -0.140. The maximum absolute atomic E-state index is 12.6. The van der Waals surface area contributed by atoms with Crippen molar-refractivity contribution in [3.63, 3.8) is 0 Å². The van der Waals surface area contributed by atoms with Crippen molar-refractivity contribution < 1.29 is 18.0 Å². The van der Waals surface area contributed by atoms with E-state index in [4.69, 9.17) is 0 Å². The first-order valence-electron chi connectivity index (χ1n) is 9.56. The minimum Gasteiger partial charge on any atom is -0.354 e. The number of carbonyl (C=O) groups is 1. The number of aromatic nitrogens is 1. The Kier molecular flexibility index (Phi) is 10.7. The number of nitrogens with zero attached hydrogens (tertiary/aromatic N) is 3. The third kappa shape index (κ3) is 7.58. The van der Waals surface area contributed by atoms with Crippen LogP contribution in [0.4, 0.5) is 13.2 Å². The van der Waals surface area contributed by atoms with Gasteiger partial charge in [0.05, 0.1) is 6.54 Å². The highest BCUT2D eigenvalue weighted by atomic mass is 127. The van der Waals surface area contributed by atoms with Crippen LogP contribution < -0.4 is 10.6 Å². The van der Waals surface area contributed by atoms with E-state index in [9.17, 15) is 18.0 Å². The first-order valence-corrected chi connectivity index (χ1v) is 10.4. The summed E-state index contributed by atoms with van der Waals surface area (Å²) in [7, 11) is 1.62. The summed E-state index contributed by atoms with van der Waals surface area (Å²) in [4.78, 5) is 22.1. The van der Waals surface area contributed by atoms with E-state index in [2.05, 4.69) is 20.6 Å². The van der Waals surface area contributed by atoms with Gasteiger partial charge in [-0.1, -0.05) is 13.8 Å². The van der Waals surface area contributed by atoms with Gasteiger partial charge in [0.2, 0.25) is 5.91 Å². The number of nitrogens with one attached hydrogen (secondary N) is 2. The van der Waals surface area contributed by atoms with E-state index < -0.39 is 11.9 Å². The van der Waals surface area contributed by atoms with Gasteiger partial charge in [-0.3, -0.25) is 9.79 Å². The molecule has 1 aromatic heterocycles. The number of likely N-dealkylation sites (tertiary alicyclic amines) is 1. The maximum atomic E-state index is 12.6. The highest BCUT2D eigenvalue weighted by molar-refractivity contribution is 14.0. The number of guanidine groups is 1. The first kappa shape index (κ1) is 25.9. The lowest BCUT2D eigenvalue weighted by Gasteiger charge is -2.34. The second-order valence-corrected chi connectivity index (χ2v) is 7.75. The van der Waals surface area contributed by atoms with E-state index >= 15 is 0 Å². The van der Waals surface area contributed by atoms with E-state index in [1.54, 1.807) is 7.05 Å². The average molecular weight is 547 g/mol. The van der Waals surface area contributed by atoms with Gasteiger partial charge in [-0.25, -0.2) is 4.98 Å². The molecule has 0 aromatic carbocycles. The Bertz CT molecular complexity index is 671. The predicted octanol–water partition coefficient (Wildman–Crippen LogP) is 3.87. The van der Waals surface area contributed by atoms with Gasteiger partial charge < -0.3 is 15.5 Å². The molecule has 2 rings (SSSR count). The molecule has 0 atom stereocenters. The molecule has 29 heavy (non-hydrogen) atoms. The quantitative estimate of drug-likeness (QED) is 0.323. The second kappa shape index (κ2) is 11.9. The molecule has 0 spiro atoms. The molecule has 1 aromatic rings. The normalized spacial score (nSPS) is 16.0. The van der Waals surface area contributed by atoms with Crippen LogP contribution in [0.5, 0.6) is 0 Å². The minimum atomic E-state index is -4.42. The zero-order chi connectivity index (χ0) is 20.7. The lowest BCUT2D eigenvalue weighted by atomic mass is 9.98. The van der Waals surface area contributed by atoms with Crippen molar-refractivity contribution in [3.8, 4) is 0 Å². The molecule has 0 saturated carbocycles. The van der Waals surface area contributed by atoms with Crippen molar-refractivity contribution in [3.05, 3.63) is 16.1 Å². The van der Waals surface area contributed by atoms with Gasteiger partial charge in [0.15, 0.2) is 11.7 Å². The molecule has 1 aliphatic heterocycles. The van der Waals surface area contributed by atoms with Crippen LogP contribution in [0.1, 0.15) is 50.2 Å². The van der Waals surface area contributed by atoms with Crippen LogP contribution in [0, 0.1) is 5.92 Å². The zero-order valence-electron chi connectivity index (χ0n) is 16.9. The SMILES string of the molecule is CCC(CC)C(=O)N1CCC(NC(=NC)NCc2nc(C(F)(F)F)cs2)CC1.I. The summed E-state index contributed by atoms with van der Waals surface area (Å²) in [6, 6.07) is 0.166. The van der Waals surface area contributed by atoms with Crippen LogP contribution in [-0.4, -0.2) is 47.9 Å². The summed E-state index contributed by atoms with van der Waals surface area (Å²) in [5.74, 6) is 0.850. The number of hydrogen-bond acceptors (Lipinski definition) is 4. The number of amides is 1. The predicted molar refractivity (Wildman–Crippen MR) is 120 cm³/mol. The topological polar surface area (TPSA) is 69.6 Å². The van der Waals surface area contributed by atoms with Gasteiger partial charge in [-0.05, 0) is 25.7 Å². The van der Waals surface area contributed by atoms with Crippen LogP contribution in [0.3, 0.4) is 0 Å². The van der Waals surface area contributed by atoms with Gasteiger partial charge in [0.25, 0.3) is 0 Å². The summed E-state index contributed by atoms with van der Waals surface area (Å²) in [5, 5.41) is 7.65. The average Bonchev–Trinajstić information content (AvgIpc) is 3.16. The third-order valence-electron chi connectivity index (χ3n) is 4.96. The summed E-state index contributed by atoms with van der Waals surface area (Å²) in [6.07, 6.45) is -1.09. The first-order chi connectivity index (χ1) is 13.3. The molecule has 2 N–H and O–H groups in total. The van der Waals surface area contributed by atoms with Crippen molar-refractivity contribution in [1.29, 1.82) is 0 Å². The highest BCUT2D eigenvalue weighted by Crippen LogP contribution is 2.29. The van der Waals surface area contributed by atoms with Crippen LogP contribution >= 0.6 is 35.3 Å². The summed E-state index contributed by atoms with van der Waals surface area (Å²) >= 11 is 0.965. The molecule has 1 amide bonds. The zero-order valence-corrected chi connectivity index (χ0v) is 20.0. The molecule has 1 fully saturated rings. The van der Waals surface area contributed by atoms with E-state index in [1.807, 2.05) is 18.7 Å². The van der Waals surface area contributed by atoms with Gasteiger partial charge in [0, 0.05) is 37.5 Å². The van der Waals surface area contributed by atoms with Gasteiger partial charge in [0.1, 0.15) is 5.01 Å². The number of halogens is 4. The molecule has 6 nitrogen and oxygen atoms in total. The number of aliphatic imine (C=N–C) groups is 1. The number of thiazole rings is 1. The van der Waals surface area contributed by atoms with E-state index in [0.29, 0.717) is 24.1 Å². The Labute approximate surface area is 190 Å². The Morgan fingerprint density at radius 1 is 1.34 bits per heavy atom. The van der Waals surface area contributed by atoms with Crippen molar-refractivity contribution in [2.24, 2.45) is 10.9 Å². The molecule has 0 unspecified atom stereocenters. The van der Waals surface area contributed by atoms with Gasteiger partial charge in [-0.2, -0.15) is 13.2 Å². The van der Waals surface area contributed by atoms with Gasteiger partial charge in [-0.15, -0.1) is 35.3 Å². The molecular formula is C18H29F3IN5OS. The summed E-state index contributed by atoms with van der Waals surface area (Å²) < 4.78 is 37.9. The third-order valence-corrected chi connectivity index (χ3v) is 5.80. The van der Waals surface area contributed by atoms with Crippen LogP contribution in [0.15, 0.2) is 10.4 Å². The van der Waals surface area contributed by atoms with Crippen LogP contribution in [-0.2, 0) is 17.5 Å². The Hall–Kier alpha value is -1.11. The molecule has 1 saturated heterocycles. The van der Waals surface area contributed by atoms with Crippen molar-refractivity contribution in [1.82, 2.24) is 20.5 Å². The van der Waals surface area contributed by atoms with Gasteiger partial charge >= 0.3 is 6.18 Å². The molecule has 1 aliphatic rings. The highest BCUT2D eigenvalue weighted by Gasteiger charge is 2.33. The second-order valence-electron chi connectivity index (χ2n) is 6.81. The molecule has 0 aliphatic carbocycles. The number of piperidine rings is 1. The van der Waals surface area contributed by atoms with Crippen LogP contribution in [0.2, 0.25) is 0 Å². The fraction of sp³-hybridized carbons (Fsp3) is 0.722. The minimum absolute atomic E-state index is 0. The Balaban J connectivity index is 0.00000420. The largest absolute Gasteiger partial charge is 0.434 e. The molecular weight excluding hydrogens is 518 g/mol. The van der Waals surface area contributed by atoms with Crippen LogP contribution in [0.25, 0.3) is 0 Å². The van der Waals surface area contributed by atoms with E-state index in [-0.39, 0.29) is 48.4 Å². The monoisotopic (exact) mass is 547 g/mol. The molecule has 2 heterocycles. The number of alkyl halides is 3. The molecule has 0 bridgehead atoms. The fourth-order valence-electron chi connectivity index (χ4n) is 3.21. The summed E-state index contributed by atoms with van der Waals surface area (Å²) in [5.41, 5.74) is -0.869. The Morgan fingerprint density at radius 2 is 1.97 bits per heavy atom. The fourth-order valence-corrected chi connectivity index (χ4v) is 3.95. The molecule has 166 valence electrons. The number of rotatable bonds is 6. The lowest BCUT2D eigenvalue weighted by Crippen LogP contribution is -2.50. The van der Waals surface area contributed by atoms with E-state index in [1.165, 1.54) is 0 Å². The Morgan fingerprint density at radius 3 is 2.45 bits per heavy atom. The smallest absolute Gasteiger partial charge is 0.354 e. The standard InChI is InChI=1S/C18H28F3N5OS.HI/c1-4-12(5-2)16(27)26-8-6-13(7-9-26)24-17(22-3)23-10-15-25-14(11-28-15)18(19,20)21;/h11-13H,4-10H2,1-3H3,(H2,22,23,24);1H. The summed E-state index contributed by atoms with van der Waals surface area (Å²) in [6.45, 7) is 5.65. The maximum Gasteiger partial charge on any atom is 0.434 e. The van der Waals surface area contributed by atoms with Crippen molar-refractivity contribution in [2.45, 2.75) is 58.3 Å². The number of carbonyl (C=O) groups excluding carboxylic acids is 1. The van der Waals surface area contributed by atoms with Crippen molar-refractivity contribution >= 4 is 47.2 Å². The molecule has 11 heteroatoms. The molecule has 0 radical (unpaired) electrons.